The summed E-state index contributed by atoms with van der Waals surface area (Å²) in [4.78, 5) is 28.1. The van der Waals surface area contributed by atoms with Crippen molar-refractivity contribution in [2.45, 2.75) is 18.6 Å². The molecule has 4 rings (SSSR count). The molecule has 1 aliphatic heterocycles. The number of carbonyl (C=O) groups is 2. The Morgan fingerprint density at radius 2 is 1.44 bits per heavy atom. The van der Waals surface area contributed by atoms with Crippen molar-refractivity contribution in [3.05, 3.63) is 120 Å². The van der Waals surface area contributed by atoms with Crippen LogP contribution < -0.4 is 0 Å². The van der Waals surface area contributed by atoms with Crippen LogP contribution in [0.25, 0.3) is 0 Å². The molecule has 2 amide bonds. The van der Waals surface area contributed by atoms with Crippen LogP contribution in [0.1, 0.15) is 29.7 Å². The topological polar surface area (TPSA) is 55.8 Å². The van der Waals surface area contributed by atoms with E-state index < -0.39 is 23.7 Å². The zero-order valence-corrected chi connectivity index (χ0v) is 18.0. The molecule has 162 valence electrons. The summed E-state index contributed by atoms with van der Waals surface area (Å²) in [7, 11) is 1.51. The molecule has 0 N–H and O–H groups in total. The molecule has 1 saturated heterocycles. The van der Waals surface area contributed by atoms with Gasteiger partial charge in [0.05, 0.1) is 19.3 Å². The maximum absolute atomic E-state index is 13.5. The highest BCUT2D eigenvalue weighted by atomic mass is 16.6. The van der Waals surface area contributed by atoms with E-state index in [1.165, 1.54) is 18.3 Å². The Bertz CT molecular complexity index is 1060. The number of methoxy groups -OCH3 is 1. The molecule has 0 saturated carbocycles. The molecule has 0 aromatic heterocycles. The molecule has 0 bridgehead atoms. The summed E-state index contributed by atoms with van der Waals surface area (Å²) in [6.07, 6.45) is 2.40. The summed E-state index contributed by atoms with van der Waals surface area (Å²) < 4.78 is 11.2. The van der Waals surface area contributed by atoms with E-state index in [1.807, 2.05) is 91.0 Å². The number of cyclic esters (lactones) is 1. The van der Waals surface area contributed by atoms with Crippen molar-refractivity contribution in [3.8, 4) is 0 Å². The van der Waals surface area contributed by atoms with Gasteiger partial charge in [-0.15, -0.1) is 0 Å². The molecular weight excluding hydrogens is 402 g/mol. The fourth-order valence-electron chi connectivity index (χ4n) is 4.24. The smallest absolute Gasteiger partial charge is 0.418 e. The second-order valence-corrected chi connectivity index (χ2v) is 7.71. The fraction of sp³-hybridized carbons (Fsp3) is 0.185. The van der Waals surface area contributed by atoms with Crippen molar-refractivity contribution >= 4 is 12.0 Å². The maximum Gasteiger partial charge on any atom is 0.418 e. The number of rotatable bonds is 6. The number of hydrogen-bond acceptors (Lipinski definition) is 4. The quantitative estimate of drug-likeness (QED) is 0.491. The van der Waals surface area contributed by atoms with Gasteiger partial charge >= 0.3 is 6.09 Å². The van der Waals surface area contributed by atoms with Gasteiger partial charge in [-0.05, 0) is 18.6 Å². The highest BCUT2D eigenvalue weighted by molar-refractivity contribution is 5.96. The fourth-order valence-corrected chi connectivity index (χ4v) is 4.24. The van der Waals surface area contributed by atoms with Crippen LogP contribution in [0, 0.1) is 5.92 Å². The first-order chi connectivity index (χ1) is 15.6. The van der Waals surface area contributed by atoms with Crippen molar-refractivity contribution in [2.75, 3.05) is 7.11 Å². The van der Waals surface area contributed by atoms with Crippen LogP contribution in [-0.2, 0) is 19.9 Å². The summed E-state index contributed by atoms with van der Waals surface area (Å²) in [6, 6.07) is 28.0. The molecule has 3 aromatic carbocycles. The number of nitrogens with zero attached hydrogens (tertiary/aromatic N) is 1. The van der Waals surface area contributed by atoms with Crippen LogP contribution in [0.4, 0.5) is 4.79 Å². The zero-order valence-electron chi connectivity index (χ0n) is 18.0. The molecule has 2 atom stereocenters. The van der Waals surface area contributed by atoms with Gasteiger partial charge in [0.1, 0.15) is 6.04 Å². The van der Waals surface area contributed by atoms with E-state index in [1.54, 1.807) is 13.0 Å². The third kappa shape index (κ3) is 3.66. The summed E-state index contributed by atoms with van der Waals surface area (Å²) in [5, 5.41) is 0. The van der Waals surface area contributed by atoms with Gasteiger partial charge in [-0.2, -0.15) is 0 Å². The van der Waals surface area contributed by atoms with Gasteiger partial charge in [-0.1, -0.05) is 91.0 Å². The summed E-state index contributed by atoms with van der Waals surface area (Å²) in [6.45, 7) is 1.73. The Kier molecular flexibility index (Phi) is 6.08. The Balaban J connectivity index is 1.96. The lowest BCUT2D eigenvalue weighted by Gasteiger charge is -2.36. The van der Waals surface area contributed by atoms with E-state index in [-0.39, 0.29) is 5.91 Å². The molecule has 1 heterocycles. The van der Waals surface area contributed by atoms with Crippen LogP contribution in [0.2, 0.25) is 0 Å². The van der Waals surface area contributed by atoms with E-state index in [0.717, 1.165) is 16.7 Å². The lowest BCUT2D eigenvalue weighted by atomic mass is 9.77. The van der Waals surface area contributed by atoms with E-state index in [9.17, 15) is 9.59 Å². The van der Waals surface area contributed by atoms with Crippen molar-refractivity contribution in [2.24, 2.45) is 5.92 Å². The molecule has 0 unspecified atom stereocenters. The number of benzene rings is 3. The van der Waals surface area contributed by atoms with Gasteiger partial charge in [0.2, 0.25) is 5.91 Å². The number of amides is 2. The van der Waals surface area contributed by atoms with E-state index >= 15 is 0 Å². The highest BCUT2D eigenvalue weighted by Crippen LogP contribution is 2.52. The molecule has 1 aliphatic rings. The summed E-state index contributed by atoms with van der Waals surface area (Å²) >= 11 is 0. The number of carbonyl (C=O) groups excluding carboxylic acids is 2. The lowest BCUT2D eigenvalue weighted by molar-refractivity contribution is -0.132. The van der Waals surface area contributed by atoms with Crippen molar-refractivity contribution in [3.63, 3.8) is 0 Å². The average molecular weight is 428 g/mol. The van der Waals surface area contributed by atoms with Gasteiger partial charge < -0.3 is 9.47 Å². The van der Waals surface area contributed by atoms with Crippen LogP contribution in [0.5, 0.6) is 0 Å². The molecular formula is C27H25NO4. The largest absolute Gasteiger partial charge is 0.505 e. The highest BCUT2D eigenvalue weighted by Gasteiger charge is 2.59. The normalized spacial score (nSPS) is 18.4. The monoisotopic (exact) mass is 427 g/mol. The summed E-state index contributed by atoms with van der Waals surface area (Å²) in [5.41, 5.74) is 1.20. The SMILES string of the molecule is CO/C=C\[C@@H](C)C(=O)N1C(=O)OC(c2ccccc2)(c2ccccc2)[C@H]1c1ccccc1. The first-order valence-corrected chi connectivity index (χ1v) is 10.5. The minimum atomic E-state index is -1.19. The van der Waals surface area contributed by atoms with Gasteiger partial charge in [0.15, 0.2) is 5.60 Å². The molecule has 5 nitrogen and oxygen atoms in total. The zero-order chi connectivity index (χ0) is 22.6. The molecule has 5 heteroatoms. The molecule has 1 fully saturated rings. The Morgan fingerprint density at radius 3 is 1.94 bits per heavy atom. The van der Waals surface area contributed by atoms with E-state index in [2.05, 4.69) is 0 Å². The molecule has 3 aromatic rings. The third-order valence-electron chi connectivity index (χ3n) is 5.74. The number of imide groups is 1. The predicted octanol–water partition coefficient (Wildman–Crippen LogP) is 5.45. The first kappa shape index (κ1) is 21.4. The van der Waals surface area contributed by atoms with E-state index in [0.29, 0.717) is 0 Å². The first-order valence-electron chi connectivity index (χ1n) is 10.5. The second kappa shape index (κ2) is 9.10. The Hall–Kier alpha value is -3.86. The van der Waals surface area contributed by atoms with Crippen LogP contribution in [-0.4, -0.2) is 24.0 Å². The van der Waals surface area contributed by atoms with Crippen molar-refractivity contribution in [1.29, 1.82) is 0 Å². The van der Waals surface area contributed by atoms with E-state index in [4.69, 9.17) is 9.47 Å². The second-order valence-electron chi connectivity index (χ2n) is 7.71. The lowest BCUT2D eigenvalue weighted by Crippen LogP contribution is -2.42. The minimum absolute atomic E-state index is 0.356. The average Bonchev–Trinajstić information content (AvgIpc) is 3.17. The third-order valence-corrected chi connectivity index (χ3v) is 5.74. The minimum Gasteiger partial charge on any atom is -0.505 e. The predicted molar refractivity (Wildman–Crippen MR) is 121 cm³/mol. The Morgan fingerprint density at radius 1 is 0.938 bits per heavy atom. The standard InChI is InChI=1S/C27H25NO4/c1-20(18-19-31-2)25(29)28-24(21-12-6-3-7-13-21)27(32-26(28)30,22-14-8-4-9-15-22)23-16-10-5-11-17-23/h3-20,24H,1-2H3/b19-18-/t20-,24-/m1/s1. The summed E-state index contributed by atoms with van der Waals surface area (Å²) in [5.74, 6) is -0.929. The van der Waals surface area contributed by atoms with Gasteiger partial charge in [0.25, 0.3) is 0 Å². The van der Waals surface area contributed by atoms with Crippen molar-refractivity contribution < 1.29 is 19.1 Å². The van der Waals surface area contributed by atoms with Crippen LogP contribution in [0.15, 0.2) is 103 Å². The van der Waals surface area contributed by atoms with Crippen molar-refractivity contribution in [1.82, 2.24) is 4.90 Å². The van der Waals surface area contributed by atoms with Crippen LogP contribution in [0.3, 0.4) is 0 Å². The van der Waals surface area contributed by atoms with Gasteiger partial charge in [-0.25, -0.2) is 9.69 Å². The molecule has 0 spiro atoms. The van der Waals surface area contributed by atoms with Gasteiger partial charge in [-0.3, -0.25) is 4.79 Å². The molecule has 0 radical (unpaired) electrons. The Labute approximate surface area is 187 Å². The molecule has 0 aliphatic carbocycles. The maximum atomic E-state index is 13.5. The number of ether oxygens (including phenoxy) is 2. The van der Waals surface area contributed by atoms with Gasteiger partial charge in [0, 0.05) is 11.1 Å². The molecule has 32 heavy (non-hydrogen) atoms. The number of hydrogen-bond donors (Lipinski definition) is 0. The van der Waals surface area contributed by atoms with Crippen LogP contribution >= 0.6 is 0 Å².